The lowest BCUT2D eigenvalue weighted by molar-refractivity contribution is -0.112. The Kier molecular flexibility index (Phi) is 2.55. The average molecular weight is 267 g/mol. The van der Waals surface area contributed by atoms with Crippen LogP contribution in [0.2, 0.25) is 0 Å². The van der Waals surface area contributed by atoms with Gasteiger partial charge in [0, 0.05) is 23.1 Å². The lowest BCUT2D eigenvalue weighted by Crippen LogP contribution is -2.69. The molecular formula is C9H18IN. The summed E-state index contributed by atoms with van der Waals surface area (Å²) in [6.45, 7) is 11.9. The van der Waals surface area contributed by atoms with E-state index in [-0.39, 0.29) is 0 Å². The second-order valence-electron chi connectivity index (χ2n) is 4.55. The minimum Gasteiger partial charge on any atom is -0.296 e. The molecule has 0 bridgehead atoms. The highest BCUT2D eigenvalue weighted by atomic mass is 127. The van der Waals surface area contributed by atoms with Crippen LogP contribution in [0.3, 0.4) is 0 Å². The molecule has 11 heavy (non-hydrogen) atoms. The summed E-state index contributed by atoms with van der Waals surface area (Å²) in [5, 5.41) is 0. The molecule has 0 aliphatic carbocycles. The van der Waals surface area contributed by atoms with Gasteiger partial charge in [-0.3, -0.25) is 4.90 Å². The van der Waals surface area contributed by atoms with Crippen LogP contribution in [0.25, 0.3) is 0 Å². The Morgan fingerprint density at radius 1 is 1.27 bits per heavy atom. The molecule has 1 aliphatic heterocycles. The maximum atomic E-state index is 2.57. The van der Waals surface area contributed by atoms with E-state index < -0.39 is 0 Å². The van der Waals surface area contributed by atoms with E-state index in [4.69, 9.17) is 0 Å². The van der Waals surface area contributed by atoms with Gasteiger partial charge < -0.3 is 0 Å². The van der Waals surface area contributed by atoms with Gasteiger partial charge in [-0.05, 0) is 19.3 Å². The highest BCUT2D eigenvalue weighted by molar-refractivity contribution is 14.1. The highest BCUT2D eigenvalue weighted by Gasteiger charge is 2.51. The Balaban J connectivity index is 2.54. The first-order valence-electron chi connectivity index (χ1n) is 4.23. The molecule has 1 nitrogen and oxygen atoms in total. The summed E-state index contributed by atoms with van der Waals surface area (Å²) in [6.07, 6.45) is 0. The van der Waals surface area contributed by atoms with Crippen molar-refractivity contribution in [3.8, 4) is 0 Å². The van der Waals surface area contributed by atoms with Crippen molar-refractivity contribution in [1.82, 2.24) is 4.90 Å². The van der Waals surface area contributed by atoms with Gasteiger partial charge in [-0.25, -0.2) is 0 Å². The molecule has 0 aromatic rings. The Labute approximate surface area is 83.7 Å². The zero-order chi connectivity index (χ0) is 8.70. The lowest BCUT2D eigenvalue weighted by atomic mass is 9.65. The maximum absolute atomic E-state index is 2.57. The SMILES string of the molecule is CC1(C)CN(CCI)C1(C)C. The van der Waals surface area contributed by atoms with E-state index in [0.29, 0.717) is 11.0 Å². The summed E-state index contributed by atoms with van der Waals surface area (Å²) in [4.78, 5) is 2.57. The minimum absolute atomic E-state index is 0.415. The van der Waals surface area contributed by atoms with Crippen LogP contribution in [0.1, 0.15) is 27.7 Å². The Morgan fingerprint density at radius 3 is 2.09 bits per heavy atom. The van der Waals surface area contributed by atoms with Crippen LogP contribution in [-0.4, -0.2) is 28.0 Å². The predicted molar refractivity (Wildman–Crippen MR) is 58.3 cm³/mol. The fourth-order valence-electron chi connectivity index (χ4n) is 1.67. The molecule has 0 unspecified atom stereocenters. The molecule has 1 rings (SSSR count). The maximum Gasteiger partial charge on any atom is 0.0216 e. The standard InChI is InChI=1S/C9H18IN/c1-8(2)7-11(6-5-10)9(8,3)4/h5-7H2,1-4H3. The topological polar surface area (TPSA) is 3.24 Å². The van der Waals surface area contributed by atoms with Crippen molar-refractivity contribution in [1.29, 1.82) is 0 Å². The Bertz CT molecular complexity index is 152. The molecule has 0 saturated carbocycles. The number of rotatable bonds is 2. The van der Waals surface area contributed by atoms with Crippen LogP contribution >= 0.6 is 22.6 Å². The second-order valence-corrected chi connectivity index (χ2v) is 5.63. The zero-order valence-corrected chi connectivity index (χ0v) is 10.1. The van der Waals surface area contributed by atoms with E-state index in [0.717, 1.165) is 0 Å². The molecule has 0 aromatic heterocycles. The summed E-state index contributed by atoms with van der Waals surface area (Å²) in [6, 6.07) is 0. The quantitative estimate of drug-likeness (QED) is 0.549. The molecular weight excluding hydrogens is 249 g/mol. The number of nitrogens with zero attached hydrogens (tertiary/aromatic N) is 1. The third-order valence-corrected chi connectivity index (χ3v) is 3.87. The predicted octanol–water partition coefficient (Wildman–Crippen LogP) is 2.54. The van der Waals surface area contributed by atoms with Crippen molar-refractivity contribution < 1.29 is 0 Å². The average Bonchev–Trinajstić information content (AvgIpc) is 1.87. The third kappa shape index (κ3) is 1.44. The summed E-state index contributed by atoms with van der Waals surface area (Å²) >= 11 is 2.45. The summed E-state index contributed by atoms with van der Waals surface area (Å²) in [5.41, 5.74) is 0.928. The van der Waals surface area contributed by atoms with Gasteiger partial charge in [-0.1, -0.05) is 36.4 Å². The van der Waals surface area contributed by atoms with Gasteiger partial charge in [0.2, 0.25) is 0 Å². The van der Waals surface area contributed by atoms with Crippen LogP contribution in [-0.2, 0) is 0 Å². The van der Waals surface area contributed by atoms with Gasteiger partial charge in [-0.2, -0.15) is 0 Å². The van der Waals surface area contributed by atoms with Crippen molar-refractivity contribution >= 4 is 22.6 Å². The first kappa shape index (κ1) is 9.78. The number of hydrogen-bond acceptors (Lipinski definition) is 1. The normalized spacial score (nSPS) is 28.1. The smallest absolute Gasteiger partial charge is 0.0216 e. The first-order valence-corrected chi connectivity index (χ1v) is 5.75. The van der Waals surface area contributed by atoms with Crippen LogP contribution < -0.4 is 0 Å². The van der Waals surface area contributed by atoms with Crippen LogP contribution in [0.5, 0.6) is 0 Å². The molecule has 2 heteroatoms. The van der Waals surface area contributed by atoms with E-state index >= 15 is 0 Å². The summed E-state index contributed by atoms with van der Waals surface area (Å²) < 4.78 is 1.25. The fourth-order valence-corrected chi connectivity index (χ4v) is 2.25. The number of hydrogen-bond donors (Lipinski definition) is 0. The lowest BCUT2D eigenvalue weighted by Gasteiger charge is -2.61. The van der Waals surface area contributed by atoms with E-state index in [9.17, 15) is 0 Å². The highest BCUT2D eigenvalue weighted by Crippen LogP contribution is 2.45. The largest absolute Gasteiger partial charge is 0.296 e. The van der Waals surface area contributed by atoms with E-state index in [2.05, 4.69) is 55.2 Å². The van der Waals surface area contributed by atoms with E-state index in [1.165, 1.54) is 17.5 Å². The molecule has 0 radical (unpaired) electrons. The molecule has 1 heterocycles. The van der Waals surface area contributed by atoms with E-state index in [1.54, 1.807) is 0 Å². The molecule has 0 amide bonds. The molecule has 0 spiro atoms. The van der Waals surface area contributed by atoms with Gasteiger partial charge in [0.1, 0.15) is 0 Å². The van der Waals surface area contributed by atoms with Crippen LogP contribution in [0, 0.1) is 5.41 Å². The van der Waals surface area contributed by atoms with Crippen molar-refractivity contribution in [2.45, 2.75) is 33.2 Å². The molecule has 66 valence electrons. The van der Waals surface area contributed by atoms with Gasteiger partial charge in [0.15, 0.2) is 0 Å². The second kappa shape index (κ2) is 2.87. The summed E-state index contributed by atoms with van der Waals surface area (Å²) in [5.74, 6) is 0. The molecule has 0 aromatic carbocycles. The number of alkyl halides is 1. The Hall–Kier alpha value is 0.690. The molecule has 0 atom stereocenters. The number of halogens is 1. The van der Waals surface area contributed by atoms with Gasteiger partial charge in [0.05, 0.1) is 0 Å². The van der Waals surface area contributed by atoms with Crippen molar-refractivity contribution in [3.05, 3.63) is 0 Å². The van der Waals surface area contributed by atoms with Crippen molar-refractivity contribution in [2.75, 3.05) is 17.5 Å². The molecule has 1 fully saturated rings. The summed E-state index contributed by atoms with van der Waals surface area (Å²) in [7, 11) is 0. The van der Waals surface area contributed by atoms with Crippen molar-refractivity contribution in [3.63, 3.8) is 0 Å². The van der Waals surface area contributed by atoms with Crippen LogP contribution in [0.15, 0.2) is 0 Å². The monoisotopic (exact) mass is 267 g/mol. The molecule has 0 N–H and O–H groups in total. The first-order chi connectivity index (χ1) is 4.92. The zero-order valence-electron chi connectivity index (χ0n) is 7.95. The molecule has 1 aliphatic rings. The fraction of sp³-hybridized carbons (Fsp3) is 1.00. The molecule has 1 saturated heterocycles. The van der Waals surface area contributed by atoms with E-state index in [1.807, 2.05) is 0 Å². The third-order valence-electron chi connectivity index (χ3n) is 3.39. The minimum atomic E-state index is 0.415. The number of likely N-dealkylation sites (tertiary alicyclic amines) is 1. The van der Waals surface area contributed by atoms with Gasteiger partial charge >= 0.3 is 0 Å². The van der Waals surface area contributed by atoms with Gasteiger partial charge in [-0.15, -0.1) is 0 Å². The van der Waals surface area contributed by atoms with Gasteiger partial charge in [0.25, 0.3) is 0 Å². The van der Waals surface area contributed by atoms with Crippen molar-refractivity contribution in [2.24, 2.45) is 5.41 Å². The van der Waals surface area contributed by atoms with Crippen LogP contribution in [0.4, 0.5) is 0 Å². The Morgan fingerprint density at radius 2 is 1.82 bits per heavy atom.